The summed E-state index contributed by atoms with van der Waals surface area (Å²) < 4.78 is 67.2. The van der Waals surface area contributed by atoms with Crippen LogP contribution >= 0.6 is 11.6 Å². The molecular formula is C14H11ClF3NO3S. The number of sulfonamides is 1. The molecule has 2 aromatic rings. The number of halogens is 4. The Kier molecular flexibility index (Phi) is 4.76. The Bertz CT molecular complexity index is 822. The van der Waals surface area contributed by atoms with Crippen LogP contribution in [0.4, 0.5) is 18.9 Å². The summed E-state index contributed by atoms with van der Waals surface area (Å²) in [4.78, 5) is -0.362. The summed E-state index contributed by atoms with van der Waals surface area (Å²) in [6.45, 7) is 1.61. The molecule has 23 heavy (non-hydrogen) atoms. The van der Waals surface area contributed by atoms with Crippen molar-refractivity contribution < 1.29 is 26.3 Å². The lowest BCUT2D eigenvalue weighted by atomic mass is 10.2. The molecule has 0 aliphatic heterocycles. The molecule has 1 N–H and O–H groups in total. The zero-order chi connectivity index (χ0) is 17.3. The van der Waals surface area contributed by atoms with Crippen molar-refractivity contribution in [3.8, 4) is 5.75 Å². The average molecular weight is 366 g/mol. The highest BCUT2D eigenvalue weighted by molar-refractivity contribution is 7.92. The molecule has 0 saturated heterocycles. The molecule has 0 aliphatic rings. The topological polar surface area (TPSA) is 55.4 Å². The molecule has 4 nitrogen and oxygen atoms in total. The Morgan fingerprint density at radius 2 is 1.78 bits per heavy atom. The maximum absolute atomic E-state index is 12.3. The number of anilines is 1. The van der Waals surface area contributed by atoms with Gasteiger partial charge in [0.2, 0.25) is 0 Å². The highest BCUT2D eigenvalue weighted by atomic mass is 35.5. The molecule has 0 aromatic heterocycles. The molecule has 0 radical (unpaired) electrons. The van der Waals surface area contributed by atoms with Gasteiger partial charge in [-0.2, -0.15) is 0 Å². The Morgan fingerprint density at radius 1 is 1.13 bits per heavy atom. The number of hydrogen-bond donors (Lipinski definition) is 1. The van der Waals surface area contributed by atoms with Crippen molar-refractivity contribution in [3.63, 3.8) is 0 Å². The molecule has 0 heterocycles. The summed E-state index contributed by atoms with van der Waals surface area (Å²) in [6, 6.07) is 8.75. The SMILES string of the molecule is Cc1c(Cl)cccc1NS(=O)(=O)c1cccc(OC(F)(F)F)c1. The van der Waals surface area contributed by atoms with Gasteiger partial charge in [0.15, 0.2) is 0 Å². The van der Waals surface area contributed by atoms with Crippen LogP contribution in [0.15, 0.2) is 47.4 Å². The van der Waals surface area contributed by atoms with Crippen LogP contribution in [0.2, 0.25) is 5.02 Å². The van der Waals surface area contributed by atoms with E-state index >= 15 is 0 Å². The Morgan fingerprint density at radius 3 is 2.43 bits per heavy atom. The normalized spacial score (nSPS) is 12.0. The highest BCUT2D eigenvalue weighted by Crippen LogP contribution is 2.28. The van der Waals surface area contributed by atoms with E-state index in [9.17, 15) is 21.6 Å². The fraction of sp³-hybridized carbons (Fsp3) is 0.143. The lowest BCUT2D eigenvalue weighted by Gasteiger charge is -2.13. The summed E-state index contributed by atoms with van der Waals surface area (Å²) in [5, 5.41) is 0.361. The van der Waals surface area contributed by atoms with Gasteiger partial charge in [0, 0.05) is 11.1 Å². The smallest absolute Gasteiger partial charge is 0.406 e. The van der Waals surface area contributed by atoms with Crippen LogP contribution in [-0.4, -0.2) is 14.8 Å². The molecule has 0 unspecified atom stereocenters. The van der Waals surface area contributed by atoms with Gasteiger partial charge in [-0.05, 0) is 36.8 Å². The molecule has 0 fully saturated rings. The average Bonchev–Trinajstić information content (AvgIpc) is 2.42. The fourth-order valence-corrected chi connectivity index (χ4v) is 3.09. The summed E-state index contributed by atoms with van der Waals surface area (Å²) in [5.41, 5.74) is 0.736. The van der Waals surface area contributed by atoms with Gasteiger partial charge in [0.1, 0.15) is 5.75 Å². The van der Waals surface area contributed by atoms with Gasteiger partial charge in [0.05, 0.1) is 10.6 Å². The van der Waals surface area contributed by atoms with Gasteiger partial charge in [-0.3, -0.25) is 4.72 Å². The Labute approximate surface area is 135 Å². The number of alkyl halides is 3. The maximum atomic E-state index is 12.3. The Balaban J connectivity index is 2.33. The first-order valence-corrected chi connectivity index (χ1v) is 8.08. The number of hydrogen-bond acceptors (Lipinski definition) is 3. The van der Waals surface area contributed by atoms with Crippen molar-refractivity contribution in [2.75, 3.05) is 4.72 Å². The number of rotatable bonds is 4. The van der Waals surface area contributed by atoms with Crippen molar-refractivity contribution in [1.82, 2.24) is 0 Å². The summed E-state index contributed by atoms with van der Waals surface area (Å²) in [7, 11) is -4.09. The molecule has 2 aromatic carbocycles. The quantitative estimate of drug-likeness (QED) is 0.876. The van der Waals surface area contributed by atoms with Gasteiger partial charge in [0.25, 0.3) is 10.0 Å². The molecule has 0 atom stereocenters. The minimum atomic E-state index is -4.90. The van der Waals surface area contributed by atoms with Crippen LogP contribution in [0.25, 0.3) is 0 Å². The summed E-state index contributed by atoms with van der Waals surface area (Å²) in [6.07, 6.45) is -4.90. The van der Waals surface area contributed by atoms with E-state index in [1.807, 2.05) is 0 Å². The fourth-order valence-electron chi connectivity index (χ4n) is 1.76. The van der Waals surface area contributed by atoms with E-state index < -0.39 is 22.1 Å². The molecule has 2 rings (SSSR count). The maximum Gasteiger partial charge on any atom is 0.573 e. The lowest BCUT2D eigenvalue weighted by Crippen LogP contribution is -2.18. The first-order valence-electron chi connectivity index (χ1n) is 6.22. The highest BCUT2D eigenvalue weighted by Gasteiger charge is 2.31. The van der Waals surface area contributed by atoms with Crippen molar-refractivity contribution in [2.45, 2.75) is 18.2 Å². The minimum absolute atomic E-state index is 0.236. The van der Waals surface area contributed by atoms with Crippen LogP contribution in [0.1, 0.15) is 5.56 Å². The number of nitrogens with one attached hydrogen (secondary N) is 1. The Hall–Kier alpha value is -1.93. The van der Waals surface area contributed by atoms with E-state index in [2.05, 4.69) is 9.46 Å². The summed E-state index contributed by atoms with van der Waals surface area (Å²) >= 11 is 5.91. The molecule has 0 amide bonds. The van der Waals surface area contributed by atoms with Crippen molar-refractivity contribution in [1.29, 1.82) is 0 Å². The minimum Gasteiger partial charge on any atom is -0.406 e. The molecule has 0 saturated carbocycles. The van der Waals surface area contributed by atoms with Crippen molar-refractivity contribution in [3.05, 3.63) is 53.1 Å². The van der Waals surface area contributed by atoms with Gasteiger partial charge >= 0.3 is 6.36 Å². The van der Waals surface area contributed by atoms with E-state index in [0.29, 0.717) is 10.6 Å². The second-order valence-electron chi connectivity index (χ2n) is 4.54. The monoisotopic (exact) mass is 365 g/mol. The third-order valence-electron chi connectivity index (χ3n) is 2.86. The third-order valence-corrected chi connectivity index (χ3v) is 4.63. The molecule has 0 spiro atoms. The number of ether oxygens (including phenoxy) is 1. The standard InChI is InChI=1S/C14H11ClF3NO3S/c1-9-12(15)6-3-7-13(9)19-23(20,21)11-5-2-4-10(8-11)22-14(16,17)18/h2-8,19H,1H3. The largest absolute Gasteiger partial charge is 0.573 e. The van der Waals surface area contributed by atoms with Crippen LogP contribution in [-0.2, 0) is 10.0 Å². The molecule has 0 aliphatic carbocycles. The molecular weight excluding hydrogens is 355 g/mol. The van der Waals surface area contributed by atoms with Gasteiger partial charge in [-0.1, -0.05) is 23.7 Å². The van der Waals surface area contributed by atoms with Gasteiger partial charge in [-0.25, -0.2) is 8.42 Å². The first-order chi connectivity index (χ1) is 10.6. The van der Waals surface area contributed by atoms with Gasteiger partial charge < -0.3 is 4.74 Å². The summed E-state index contributed by atoms with van der Waals surface area (Å²) in [5.74, 6) is -0.622. The van der Waals surface area contributed by atoms with Crippen molar-refractivity contribution >= 4 is 27.3 Å². The van der Waals surface area contributed by atoms with Crippen LogP contribution in [0.5, 0.6) is 5.75 Å². The van der Waals surface area contributed by atoms with E-state index in [1.54, 1.807) is 19.1 Å². The van der Waals surface area contributed by atoms with Crippen molar-refractivity contribution in [2.24, 2.45) is 0 Å². The van der Waals surface area contributed by atoms with E-state index in [1.165, 1.54) is 6.07 Å². The molecule has 0 bridgehead atoms. The first kappa shape index (κ1) is 17.4. The zero-order valence-electron chi connectivity index (χ0n) is 11.7. The van der Waals surface area contributed by atoms with Gasteiger partial charge in [-0.15, -0.1) is 13.2 Å². The number of benzene rings is 2. The molecule has 9 heteroatoms. The second kappa shape index (κ2) is 6.29. The zero-order valence-corrected chi connectivity index (χ0v) is 13.3. The van der Waals surface area contributed by atoms with E-state index in [0.717, 1.165) is 24.3 Å². The third kappa shape index (κ3) is 4.52. The second-order valence-corrected chi connectivity index (χ2v) is 6.63. The van der Waals surface area contributed by atoms with Crippen LogP contribution < -0.4 is 9.46 Å². The molecule has 124 valence electrons. The lowest BCUT2D eigenvalue weighted by molar-refractivity contribution is -0.274. The van der Waals surface area contributed by atoms with E-state index in [-0.39, 0.29) is 10.6 Å². The predicted octanol–water partition coefficient (Wildman–Crippen LogP) is 4.35. The van der Waals surface area contributed by atoms with E-state index in [4.69, 9.17) is 11.6 Å². The van der Waals surface area contributed by atoms with Crippen LogP contribution in [0.3, 0.4) is 0 Å². The van der Waals surface area contributed by atoms with Crippen LogP contribution in [0, 0.1) is 6.92 Å². The predicted molar refractivity (Wildman–Crippen MR) is 80.1 cm³/mol.